The number of thioether (sulfide) groups is 1. The number of nitrogens with one attached hydrogen (secondary N) is 1. The Morgan fingerprint density at radius 3 is 2.58 bits per heavy atom. The molecule has 234 valence electrons. The van der Waals surface area contributed by atoms with E-state index in [-0.39, 0.29) is 5.75 Å². The Labute approximate surface area is 264 Å². The molecule has 2 heterocycles. The summed E-state index contributed by atoms with van der Waals surface area (Å²) in [5.74, 6) is 1.05. The first-order chi connectivity index (χ1) is 21.6. The molecule has 0 atom stereocenters. The minimum atomic E-state index is -4.75. The molecule has 12 heteroatoms. The number of anilines is 1. The van der Waals surface area contributed by atoms with Crippen molar-refractivity contribution in [3.63, 3.8) is 0 Å². The summed E-state index contributed by atoms with van der Waals surface area (Å²) in [6.07, 6.45) is 1.61. The Morgan fingerprint density at radius 1 is 1.11 bits per heavy atom. The average Bonchev–Trinajstić information content (AvgIpc) is 3.49. The highest BCUT2D eigenvalue weighted by molar-refractivity contribution is 8.14. The smallest absolute Gasteiger partial charge is 0.406 e. The number of allylic oxidation sites excluding steroid dienone is 1. The Balaban J connectivity index is 1.24. The number of halogens is 3. The van der Waals surface area contributed by atoms with Gasteiger partial charge in [-0.1, -0.05) is 61.5 Å². The van der Waals surface area contributed by atoms with Gasteiger partial charge in [-0.15, -0.1) is 18.3 Å². The first-order valence-electron chi connectivity index (χ1n) is 14.5. The topological polar surface area (TPSA) is 84.6 Å². The number of rotatable bonds is 8. The predicted octanol–water partition coefficient (Wildman–Crippen LogP) is 8.16. The monoisotopic (exact) mass is 634 g/mol. The van der Waals surface area contributed by atoms with Gasteiger partial charge >= 0.3 is 12.4 Å². The zero-order valence-corrected chi connectivity index (χ0v) is 26.0. The number of aromatic nitrogens is 3. The predicted molar refractivity (Wildman–Crippen MR) is 173 cm³/mol. The SMILES string of the molecule is CCCc1ccc(C)cc1N1CCCS/C1=N\C(=O)N/C(C)=C/c1ccc(-c2ncn(-c3ccc(OC(F)(F)F)cc3)n2)cc1. The molecule has 3 aromatic carbocycles. The molecule has 0 bridgehead atoms. The molecule has 1 aliphatic heterocycles. The number of amides is 2. The number of aryl methyl sites for hydroxylation is 2. The summed E-state index contributed by atoms with van der Waals surface area (Å²) in [6.45, 7) is 6.87. The third kappa shape index (κ3) is 8.53. The van der Waals surface area contributed by atoms with Gasteiger partial charge in [0, 0.05) is 29.2 Å². The lowest BCUT2D eigenvalue weighted by Crippen LogP contribution is -2.36. The first-order valence-corrected chi connectivity index (χ1v) is 15.5. The maximum Gasteiger partial charge on any atom is 0.573 e. The summed E-state index contributed by atoms with van der Waals surface area (Å²) < 4.78 is 42.7. The highest BCUT2D eigenvalue weighted by atomic mass is 32.2. The van der Waals surface area contributed by atoms with Gasteiger partial charge in [0.05, 0.1) is 5.69 Å². The molecule has 0 spiro atoms. The van der Waals surface area contributed by atoms with E-state index in [9.17, 15) is 18.0 Å². The molecule has 0 radical (unpaired) electrons. The van der Waals surface area contributed by atoms with Gasteiger partial charge in [0.25, 0.3) is 0 Å². The number of benzene rings is 3. The average molecular weight is 635 g/mol. The Morgan fingerprint density at radius 2 is 1.87 bits per heavy atom. The molecule has 2 amide bonds. The molecular weight excluding hydrogens is 601 g/mol. The highest BCUT2D eigenvalue weighted by Gasteiger charge is 2.31. The van der Waals surface area contributed by atoms with Crippen LogP contribution in [0.15, 0.2) is 83.7 Å². The molecular formula is C33H33F3N6O2S. The van der Waals surface area contributed by atoms with Crippen molar-refractivity contribution in [2.45, 2.75) is 46.4 Å². The van der Waals surface area contributed by atoms with Gasteiger partial charge in [0.15, 0.2) is 11.0 Å². The summed E-state index contributed by atoms with van der Waals surface area (Å²) in [6, 6.07) is 18.9. The quantitative estimate of drug-likeness (QED) is 0.211. The largest absolute Gasteiger partial charge is 0.573 e. The number of hydrogen-bond acceptors (Lipinski definition) is 5. The molecule has 4 aromatic rings. The van der Waals surface area contributed by atoms with E-state index in [2.05, 4.69) is 62.1 Å². The van der Waals surface area contributed by atoms with Gasteiger partial charge in [-0.2, -0.15) is 4.99 Å². The van der Waals surface area contributed by atoms with Crippen LogP contribution in [0.3, 0.4) is 0 Å². The van der Waals surface area contributed by atoms with Crippen molar-refractivity contribution >= 4 is 34.7 Å². The maximum atomic E-state index is 12.9. The molecule has 8 nitrogen and oxygen atoms in total. The second-order valence-corrected chi connectivity index (χ2v) is 11.6. The first kappa shape index (κ1) is 31.8. The third-order valence-corrected chi connectivity index (χ3v) is 7.98. The molecule has 1 N–H and O–H groups in total. The molecule has 0 saturated carbocycles. The van der Waals surface area contributed by atoms with Crippen LogP contribution in [0.5, 0.6) is 5.75 Å². The van der Waals surface area contributed by atoms with Gasteiger partial charge < -0.3 is 15.0 Å². The number of urea groups is 1. The van der Waals surface area contributed by atoms with Crippen LogP contribution in [0.4, 0.5) is 23.7 Å². The number of alkyl halides is 3. The lowest BCUT2D eigenvalue weighted by atomic mass is 10.0. The fourth-order valence-electron chi connectivity index (χ4n) is 4.90. The minimum absolute atomic E-state index is 0.313. The van der Waals surface area contributed by atoms with Crippen molar-refractivity contribution in [2.24, 2.45) is 4.99 Å². The van der Waals surface area contributed by atoms with Gasteiger partial charge in [-0.25, -0.2) is 14.5 Å². The Hall–Kier alpha value is -4.58. The van der Waals surface area contributed by atoms with E-state index < -0.39 is 12.4 Å². The van der Waals surface area contributed by atoms with Gasteiger partial charge in [-0.05, 0) is 79.8 Å². The van der Waals surface area contributed by atoms with E-state index >= 15 is 0 Å². The van der Waals surface area contributed by atoms with Crippen molar-refractivity contribution in [3.05, 3.63) is 95.4 Å². The van der Waals surface area contributed by atoms with E-state index in [0.717, 1.165) is 48.4 Å². The van der Waals surface area contributed by atoms with Crippen molar-refractivity contribution < 1.29 is 22.7 Å². The van der Waals surface area contributed by atoms with Gasteiger partial charge in [-0.3, -0.25) is 0 Å². The van der Waals surface area contributed by atoms with Crippen LogP contribution in [0.2, 0.25) is 0 Å². The number of aliphatic imine (C=N–C) groups is 1. The molecule has 1 fully saturated rings. The molecule has 0 unspecified atom stereocenters. The third-order valence-electron chi connectivity index (χ3n) is 6.92. The van der Waals surface area contributed by atoms with Crippen LogP contribution in [-0.2, 0) is 6.42 Å². The van der Waals surface area contributed by atoms with E-state index in [4.69, 9.17) is 0 Å². The van der Waals surface area contributed by atoms with E-state index in [1.54, 1.807) is 11.8 Å². The van der Waals surface area contributed by atoms with Crippen LogP contribution < -0.4 is 15.0 Å². The number of ether oxygens (including phenoxy) is 1. The van der Waals surface area contributed by atoms with E-state index in [1.807, 2.05) is 37.3 Å². The highest BCUT2D eigenvalue weighted by Crippen LogP contribution is 2.30. The van der Waals surface area contributed by atoms with Crippen LogP contribution in [0, 0.1) is 6.92 Å². The Kier molecular flexibility index (Phi) is 9.92. The number of carbonyl (C=O) groups excluding carboxylic acids is 1. The van der Waals surface area contributed by atoms with Gasteiger partial charge in [0.1, 0.15) is 12.1 Å². The van der Waals surface area contributed by atoms with Crippen molar-refractivity contribution in [1.29, 1.82) is 0 Å². The second kappa shape index (κ2) is 14.0. The number of hydrogen-bond donors (Lipinski definition) is 1. The van der Waals surface area contributed by atoms with E-state index in [1.165, 1.54) is 46.4 Å². The van der Waals surface area contributed by atoms with Crippen LogP contribution >= 0.6 is 11.8 Å². The van der Waals surface area contributed by atoms with Crippen LogP contribution in [0.25, 0.3) is 23.2 Å². The summed E-state index contributed by atoms with van der Waals surface area (Å²) in [5.41, 5.74) is 6.35. The zero-order valence-electron chi connectivity index (χ0n) is 25.1. The van der Waals surface area contributed by atoms with Crippen molar-refractivity contribution in [2.75, 3.05) is 17.2 Å². The van der Waals surface area contributed by atoms with Gasteiger partial charge in [0.2, 0.25) is 0 Å². The van der Waals surface area contributed by atoms with Crippen molar-refractivity contribution in [3.8, 4) is 22.8 Å². The number of amidine groups is 1. The number of carbonyl (C=O) groups is 1. The summed E-state index contributed by atoms with van der Waals surface area (Å²) in [4.78, 5) is 23.9. The standard InChI is InChI=1S/C33H33F3N6O2S/c1-4-6-25-10-7-22(2)19-29(25)41-17-5-18-45-32(41)39-31(43)38-23(3)20-24-8-11-26(12-9-24)30-37-21-42(40-30)27-13-15-28(16-14-27)44-33(34,35)36/h7-16,19-21H,4-6,17-18H2,1-3H3,(H,38,43)/b23-20+,39-32-. The molecule has 45 heavy (non-hydrogen) atoms. The minimum Gasteiger partial charge on any atom is -0.406 e. The molecule has 1 aromatic heterocycles. The van der Waals surface area contributed by atoms with Crippen molar-refractivity contribution in [1.82, 2.24) is 20.1 Å². The summed E-state index contributed by atoms with van der Waals surface area (Å²) in [5, 5.41) is 8.02. The fourth-order valence-corrected chi connectivity index (χ4v) is 5.85. The molecule has 0 aliphatic carbocycles. The normalized spacial score (nSPS) is 14.9. The lowest BCUT2D eigenvalue weighted by Gasteiger charge is -2.31. The zero-order chi connectivity index (χ0) is 32.0. The van der Waals surface area contributed by atoms with Crippen LogP contribution in [0.1, 0.15) is 43.4 Å². The molecule has 5 rings (SSSR count). The summed E-state index contributed by atoms with van der Waals surface area (Å²) >= 11 is 1.60. The molecule has 1 aliphatic rings. The van der Waals surface area contributed by atoms with E-state index in [0.29, 0.717) is 22.4 Å². The Bertz CT molecular complexity index is 1700. The maximum absolute atomic E-state index is 12.9. The number of nitrogens with zero attached hydrogens (tertiary/aromatic N) is 5. The second-order valence-electron chi connectivity index (χ2n) is 10.6. The lowest BCUT2D eigenvalue weighted by molar-refractivity contribution is -0.274. The fraction of sp³-hybridized carbons (Fsp3) is 0.273. The van der Waals surface area contributed by atoms with Crippen LogP contribution in [-0.4, -0.2) is 44.6 Å². The molecule has 1 saturated heterocycles. The summed E-state index contributed by atoms with van der Waals surface area (Å²) in [7, 11) is 0.